The highest BCUT2D eigenvalue weighted by Crippen LogP contribution is 2.28. The molecule has 0 saturated carbocycles. The van der Waals surface area contributed by atoms with Crippen molar-refractivity contribution in [1.29, 1.82) is 0 Å². The van der Waals surface area contributed by atoms with Crippen molar-refractivity contribution in [2.24, 2.45) is 0 Å². The number of hydrogen-bond acceptors (Lipinski definition) is 4. The van der Waals surface area contributed by atoms with Gasteiger partial charge in [0.05, 0.1) is 10.7 Å². The number of piperazine rings is 1. The van der Waals surface area contributed by atoms with Gasteiger partial charge in [-0.1, -0.05) is 35.3 Å². The van der Waals surface area contributed by atoms with E-state index in [1.54, 1.807) is 18.2 Å². The van der Waals surface area contributed by atoms with Crippen molar-refractivity contribution in [3.8, 4) is 5.75 Å². The van der Waals surface area contributed by atoms with E-state index >= 15 is 0 Å². The molecular weight excluding hydrogens is 459 g/mol. The quantitative estimate of drug-likeness (QED) is 0.468. The van der Waals surface area contributed by atoms with Gasteiger partial charge in [-0.05, 0) is 49.7 Å². The van der Waals surface area contributed by atoms with Gasteiger partial charge in [0.2, 0.25) is 0 Å². The second-order valence-electron chi connectivity index (χ2n) is 8.23. The molecule has 1 aromatic heterocycles. The summed E-state index contributed by atoms with van der Waals surface area (Å²) in [5.74, 6) is 0.615. The number of halogens is 2. The third-order valence-electron chi connectivity index (χ3n) is 5.89. The van der Waals surface area contributed by atoms with Crippen LogP contribution in [0.1, 0.15) is 34.1 Å². The lowest BCUT2D eigenvalue weighted by molar-refractivity contribution is 0.0628. The minimum Gasteiger partial charge on any atom is -0.487 e. The Bertz CT molecular complexity index is 1120. The van der Waals surface area contributed by atoms with Crippen LogP contribution in [-0.4, -0.2) is 51.7 Å². The third kappa shape index (κ3) is 5.88. The molecule has 1 fully saturated rings. The first kappa shape index (κ1) is 23.6. The molecule has 0 spiro atoms. The van der Waals surface area contributed by atoms with Gasteiger partial charge >= 0.3 is 0 Å². The van der Waals surface area contributed by atoms with E-state index in [0.29, 0.717) is 41.1 Å². The monoisotopic (exact) mass is 486 g/mol. The molecule has 1 amide bonds. The van der Waals surface area contributed by atoms with Crippen LogP contribution in [0.25, 0.3) is 0 Å². The maximum Gasteiger partial charge on any atom is 0.253 e. The van der Waals surface area contributed by atoms with E-state index < -0.39 is 0 Å². The molecule has 8 heteroatoms. The SMILES string of the molecule is CCn1cc(CN2CCN(C(=O)c3cccc(COc4ccc(Cl)cc4Cl)c3)CC2)c(C)n1. The summed E-state index contributed by atoms with van der Waals surface area (Å²) < 4.78 is 7.79. The molecule has 0 aliphatic carbocycles. The first-order chi connectivity index (χ1) is 15.9. The first-order valence-electron chi connectivity index (χ1n) is 11.1. The Hall–Kier alpha value is -2.54. The lowest BCUT2D eigenvalue weighted by atomic mass is 10.1. The molecule has 1 aliphatic rings. The van der Waals surface area contributed by atoms with Gasteiger partial charge in [0.15, 0.2) is 0 Å². The van der Waals surface area contributed by atoms with Crippen molar-refractivity contribution < 1.29 is 9.53 Å². The Morgan fingerprint density at radius 3 is 2.58 bits per heavy atom. The van der Waals surface area contributed by atoms with Gasteiger partial charge in [-0.15, -0.1) is 0 Å². The van der Waals surface area contributed by atoms with Crippen molar-refractivity contribution in [3.05, 3.63) is 81.1 Å². The number of carbonyl (C=O) groups excluding carboxylic acids is 1. The molecule has 0 radical (unpaired) electrons. The number of ether oxygens (including phenoxy) is 1. The lowest BCUT2D eigenvalue weighted by Gasteiger charge is -2.34. The second-order valence-corrected chi connectivity index (χ2v) is 9.07. The van der Waals surface area contributed by atoms with E-state index in [1.807, 2.05) is 33.8 Å². The molecule has 0 atom stereocenters. The highest BCUT2D eigenvalue weighted by Gasteiger charge is 2.23. The second kappa shape index (κ2) is 10.6. The summed E-state index contributed by atoms with van der Waals surface area (Å²) >= 11 is 12.1. The lowest BCUT2D eigenvalue weighted by Crippen LogP contribution is -2.48. The molecule has 0 N–H and O–H groups in total. The maximum atomic E-state index is 13.1. The third-order valence-corrected chi connectivity index (χ3v) is 6.42. The smallest absolute Gasteiger partial charge is 0.253 e. The molecule has 0 bridgehead atoms. The fourth-order valence-electron chi connectivity index (χ4n) is 3.96. The van der Waals surface area contributed by atoms with Gasteiger partial charge in [-0.3, -0.25) is 14.4 Å². The molecule has 33 heavy (non-hydrogen) atoms. The Morgan fingerprint density at radius 2 is 1.88 bits per heavy atom. The number of nitrogens with zero attached hydrogens (tertiary/aromatic N) is 4. The normalized spacial score (nSPS) is 14.5. The van der Waals surface area contributed by atoms with Gasteiger partial charge < -0.3 is 9.64 Å². The van der Waals surface area contributed by atoms with Crippen molar-refractivity contribution in [2.75, 3.05) is 26.2 Å². The highest BCUT2D eigenvalue weighted by atomic mass is 35.5. The largest absolute Gasteiger partial charge is 0.487 e. The van der Waals surface area contributed by atoms with E-state index in [0.717, 1.165) is 37.4 Å². The van der Waals surface area contributed by atoms with Crippen LogP contribution >= 0.6 is 23.2 Å². The summed E-state index contributed by atoms with van der Waals surface area (Å²) in [7, 11) is 0. The Balaban J connectivity index is 1.32. The van der Waals surface area contributed by atoms with Crippen LogP contribution in [0.15, 0.2) is 48.7 Å². The van der Waals surface area contributed by atoms with Gasteiger partial charge in [-0.2, -0.15) is 5.10 Å². The van der Waals surface area contributed by atoms with Gasteiger partial charge in [0.25, 0.3) is 5.91 Å². The predicted octanol–water partition coefficient (Wildman–Crippen LogP) is 5.06. The van der Waals surface area contributed by atoms with Crippen LogP contribution in [0.5, 0.6) is 5.75 Å². The molecule has 1 aliphatic heterocycles. The number of hydrogen-bond donors (Lipinski definition) is 0. The molecule has 3 aromatic rings. The fraction of sp³-hybridized carbons (Fsp3) is 0.360. The van der Waals surface area contributed by atoms with Crippen LogP contribution < -0.4 is 4.74 Å². The van der Waals surface area contributed by atoms with Crippen LogP contribution in [0.3, 0.4) is 0 Å². The van der Waals surface area contributed by atoms with Crippen LogP contribution in [0.4, 0.5) is 0 Å². The molecule has 6 nitrogen and oxygen atoms in total. The average molecular weight is 487 g/mol. The fourth-order valence-corrected chi connectivity index (χ4v) is 4.42. The van der Waals surface area contributed by atoms with Crippen LogP contribution in [-0.2, 0) is 19.7 Å². The van der Waals surface area contributed by atoms with E-state index in [4.69, 9.17) is 27.9 Å². The summed E-state index contributed by atoms with van der Waals surface area (Å²) in [5, 5.41) is 5.55. The molecule has 0 unspecified atom stereocenters. The number of rotatable bonds is 7. The summed E-state index contributed by atoms with van der Waals surface area (Å²) in [6.07, 6.45) is 2.12. The zero-order chi connectivity index (χ0) is 23.4. The highest BCUT2D eigenvalue weighted by molar-refractivity contribution is 6.35. The van der Waals surface area contributed by atoms with Crippen LogP contribution in [0, 0.1) is 6.92 Å². The first-order valence-corrected chi connectivity index (χ1v) is 11.9. The zero-order valence-corrected chi connectivity index (χ0v) is 20.4. The Morgan fingerprint density at radius 1 is 1.09 bits per heavy atom. The van der Waals surface area contributed by atoms with Crippen molar-refractivity contribution >= 4 is 29.1 Å². The average Bonchev–Trinajstić information content (AvgIpc) is 3.18. The minimum atomic E-state index is 0.0519. The number of aromatic nitrogens is 2. The topological polar surface area (TPSA) is 50.6 Å². The minimum absolute atomic E-state index is 0.0519. The zero-order valence-electron chi connectivity index (χ0n) is 18.9. The van der Waals surface area contributed by atoms with E-state index in [1.165, 1.54) is 5.56 Å². The predicted molar refractivity (Wildman–Crippen MR) is 131 cm³/mol. The molecule has 174 valence electrons. The van der Waals surface area contributed by atoms with Crippen molar-refractivity contribution in [3.63, 3.8) is 0 Å². The van der Waals surface area contributed by atoms with Gasteiger partial charge in [0.1, 0.15) is 12.4 Å². The number of aryl methyl sites for hydroxylation is 2. The van der Waals surface area contributed by atoms with Gasteiger partial charge in [-0.25, -0.2) is 0 Å². The van der Waals surface area contributed by atoms with E-state index in [9.17, 15) is 4.79 Å². The van der Waals surface area contributed by atoms with Crippen molar-refractivity contribution in [1.82, 2.24) is 19.6 Å². The standard InChI is InChI=1S/C25H28Cl2N4O2/c1-3-31-16-21(18(2)28-31)15-29-9-11-30(12-10-29)25(32)20-6-4-5-19(13-20)17-33-24-8-7-22(26)14-23(24)27/h4-8,13-14,16H,3,9-12,15,17H2,1-2H3. The summed E-state index contributed by atoms with van der Waals surface area (Å²) in [6.45, 7) is 9.32. The van der Waals surface area contributed by atoms with E-state index in [2.05, 4.69) is 30.0 Å². The molecule has 2 heterocycles. The molecular formula is C25H28Cl2N4O2. The molecule has 2 aromatic carbocycles. The van der Waals surface area contributed by atoms with E-state index in [-0.39, 0.29) is 5.91 Å². The Labute approximate surface area is 204 Å². The summed E-state index contributed by atoms with van der Waals surface area (Å²) in [6, 6.07) is 12.7. The van der Waals surface area contributed by atoms with Crippen LogP contribution in [0.2, 0.25) is 10.0 Å². The number of carbonyl (C=O) groups is 1. The maximum absolute atomic E-state index is 13.1. The molecule has 4 rings (SSSR count). The summed E-state index contributed by atoms with van der Waals surface area (Å²) in [4.78, 5) is 17.4. The van der Waals surface area contributed by atoms with Crippen molar-refractivity contribution in [2.45, 2.75) is 33.5 Å². The number of benzene rings is 2. The number of amides is 1. The molecule has 1 saturated heterocycles. The Kier molecular flexibility index (Phi) is 7.58. The summed E-state index contributed by atoms with van der Waals surface area (Å²) in [5.41, 5.74) is 3.92. The van der Waals surface area contributed by atoms with Gasteiger partial charge in [0, 0.05) is 61.6 Å².